The molecule has 3 rings (SSSR count). The molecule has 15 heteroatoms. The van der Waals surface area contributed by atoms with Crippen molar-refractivity contribution in [3.8, 4) is 11.9 Å². The number of nitro groups is 1. The summed E-state index contributed by atoms with van der Waals surface area (Å²) in [6.45, 7) is -0.257. The van der Waals surface area contributed by atoms with E-state index in [2.05, 4.69) is 25.1 Å². The summed E-state index contributed by atoms with van der Waals surface area (Å²) in [7, 11) is -1.32. The molecule has 0 aliphatic carbocycles. The molecule has 0 radical (unpaired) electrons. The van der Waals surface area contributed by atoms with Crippen LogP contribution < -0.4 is 19.5 Å². The van der Waals surface area contributed by atoms with E-state index in [-0.39, 0.29) is 35.0 Å². The lowest BCUT2D eigenvalue weighted by atomic mass is 10.3. The maximum absolute atomic E-state index is 12.6. The van der Waals surface area contributed by atoms with Crippen molar-refractivity contribution >= 4 is 33.3 Å². The Morgan fingerprint density at radius 1 is 1.16 bits per heavy atom. The molecule has 0 spiro atoms. The molecule has 1 aromatic carbocycles. The fourth-order valence-electron chi connectivity index (χ4n) is 2.45. The van der Waals surface area contributed by atoms with Gasteiger partial charge in [0.25, 0.3) is 10.0 Å². The summed E-state index contributed by atoms with van der Waals surface area (Å²) in [5.74, 6) is -0.829. The van der Waals surface area contributed by atoms with Gasteiger partial charge in [-0.15, -0.1) is 0 Å². The first-order valence-corrected chi connectivity index (χ1v) is 10.3. The number of benzene rings is 1. The second-order valence-electron chi connectivity index (χ2n) is 6.09. The van der Waals surface area contributed by atoms with Crippen molar-refractivity contribution in [1.29, 1.82) is 0 Å². The number of hydrogen-bond acceptors (Lipinski definition) is 10. The molecule has 0 aliphatic heterocycles. The summed E-state index contributed by atoms with van der Waals surface area (Å²) >= 11 is 0. The molecule has 14 nitrogen and oxygen atoms in total. The number of sulfonamides is 1. The highest BCUT2D eigenvalue weighted by atomic mass is 32.2. The number of aromatic nitrogens is 4. The Hall–Kier alpha value is -4.27. The van der Waals surface area contributed by atoms with E-state index in [0.29, 0.717) is 5.69 Å². The first kappa shape index (κ1) is 22.4. The van der Waals surface area contributed by atoms with E-state index in [9.17, 15) is 23.3 Å². The van der Waals surface area contributed by atoms with Gasteiger partial charge in [0.05, 0.1) is 36.5 Å². The number of rotatable bonds is 9. The van der Waals surface area contributed by atoms with Gasteiger partial charge in [-0.05, 0) is 29.2 Å². The Bertz CT molecular complexity index is 1220. The van der Waals surface area contributed by atoms with Crippen LogP contribution in [0.4, 0.5) is 17.3 Å². The number of anilines is 2. The molecule has 0 aliphatic rings. The van der Waals surface area contributed by atoms with Gasteiger partial charge in [-0.3, -0.25) is 9.52 Å². The molecule has 2 N–H and O–H groups in total. The molecule has 3 aromatic rings. The van der Waals surface area contributed by atoms with Crippen molar-refractivity contribution in [2.24, 2.45) is 0 Å². The molecule has 0 atom stereocenters. The highest BCUT2D eigenvalue weighted by Crippen LogP contribution is 2.21. The van der Waals surface area contributed by atoms with Gasteiger partial charge in [0.2, 0.25) is 11.8 Å². The fraction of sp³-hybridized carbons (Fsp3) is 0.176. The summed E-state index contributed by atoms with van der Waals surface area (Å²) in [5, 5.41) is 16.8. The predicted octanol–water partition coefficient (Wildman–Crippen LogP) is 1.04. The van der Waals surface area contributed by atoms with Gasteiger partial charge < -0.3 is 24.9 Å². The minimum absolute atomic E-state index is 0.0561. The van der Waals surface area contributed by atoms with Crippen molar-refractivity contribution in [1.82, 2.24) is 19.7 Å². The van der Waals surface area contributed by atoms with Crippen LogP contribution in [0.5, 0.6) is 11.9 Å². The van der Waals surface area contributed by atoms with Gasteiger partial charge in [-0.2, -0.15) is 14.6 Å². The number of hydrogen-bond donors (Lipinski definition) is 2. The first-order valence-electron chi connectivity index (χ1n) is 8.78. The van der Waals surface area contributed by atoms with Crippen LogP contribution in [0.15, 0.2) is 47.5 Å². The molecule has 0 bridgehead atoms. The number of carbonyl (C=O) groups is 1. The SMILES string of the molecule is COc1cc(NS(=O)(=O)c2ccc(NC(=O)Cn3ccc([N+](=O)[O-])n3)cc2)nc(OC)n1. The predicted molar refractivity (Wildman–Crippen MR) is 110 cm³/mol. The van der Waals surface area contributed by atoms with E-state index in [4.69, 9.17) is 9.47 Å². The zero-order valence-electron chi connectivity index (χ0n) is 16.8. The Labute approximate surface area is 181 Å². The van der Waals surface area contributed by atoms with Gasteiger partial charge in [-0.25, -0.2) is 8.42 Å². The van der Waals surface area contributed by atoms with Crippen molar-refractivity contribution in [2.45, 2.75) is 11.4 Å². The Kier molecular flexibility index (Phi) is 6.48. The highest BCUT2D eigenvalue weighted by molar-refractivity contribution is 7.92. The highest BCUT2D eigenvalue weighted by Gasteiger charge is 2.18. The summed E-state index contributed by atoms with van der Waals surface area (Å²) in [4.78, 5) is 29.8. The van der Waals surface area contributed by atoms with Gasteiger partial charge in [-0.1, -0.05) is 0 Å². The summed E-state index contributed by atoms with van der Waals surface area (Å²) in [5.41, 5.74) is 0.320. The third-order valence-corrected chi connectivity index (χ3v) is 5.25. The van der Waals surface area contributed by atoms with Crippen LogP contribution in [0.2, 0.25) is 0 Å². The van der Waals surface area contributed by atoms with E-state index in [1.807, 2.05) is 0 Å². The van der Waals surface area contributed by atoms with E-state index in [1.54, 1.807) is 0 Å². The second-order valence-corrected chi connectivity index (χ2v) is 7.77. The van der Waals surface area contributed by atoms with Crippen LogP contribution in [0, 0.1) is 10.1 Å². The summed E-state index contributed by atoms with van der Waals surface area (Å²) < 4.78 is 38.5. The third kappa shape index (κ3) is 5.45. The normalized spacial score (nSPS) is 10.9. The van der Waals surface area contributed by atoms with Crippen LogP contribution >= 0.6 is 0 Å². The van der Waals surface area contributed by atoms with E-state index in [0.717, 1.165) is 4.68 Å². The number of ether oxygens (including phenoxy) is 2. The second kappa shape index (κ2) is 9.25. The number of carbonyl (C=O) groups excluding carboxylic acids is 1. The molecule has 0 fully saturated rings. The number of amides is 1. The Morgan fingerprint density at radius 3 is 2.47 bits per heavy atom. The van der Waals surface area contributed by atoms with E-state index < -0.39 is 20.9 Å². The summed E-state index contributed by atoms with van der Waals surface area (Å²) in [6.07, 6.45) is 1.30. The maximum Gasteiger partial charge on any atom is 0.389 e. The minimum Gasteiger partial charge on any atom is -0.481 e. The summed E-state index contributed by atoms with van der Waals surface area (Å²) in [6, 6.07) is 7.72. The van der Waals surface area contributed by atoms with Crippen molar-refractivity contribution in [3.63, 3.8) is 0 Å². The topological polar surface area (TPSA) is 180 Å². The lowest BCUT2D eigenvalue weighted by Gasteiger charge is -2.10. The molecular formula is C17H17N7O7S. The van der Waals surface area contributed by atoms with Gasteiger partial charge in [0.1, 0.15) is 6.54 Å². The lowest BCUT2D eigenvalue weighted by Crippen LogP contribution is -2.19. The molecular weight excluding hydrogens is 446 g/mol. The monoisotopic (exact) mass is 463 g/mol. The average Bonchev–Trinajstić information content (AvgIpc) is 3.22. The largest absolute Gasteiger partial charge is 0.481 e. The number of nitrogens with one attached hydrogen (secondary N) is 2. The van der Waals surface area contributed by atoms with Crippen LogP contribution in [0.1, 0.15) is 0 Å². The molecule has 2 aromatic heterocycles. The van der Waals surface area contributed by atoms with E-state index in [1.165, 1.54) is 56.8 Å². The first-order chi connectivity index (χ1) is 15.2. The smallest absolute Gasteiger partial charge is 0.389 e. The van der Waals surface area contributed by atoms with Crippen molar-refractivity contribution in [3.05, 3.63) is 52.7 Å². The molecule has 0 saturated heterocycles. The van der Waals surface area contributed by atoms with Crippen molar-refractivity contribution in [2.75, 3.05) is 24.3 Å². The molecule has 0 unspecified atom stereocenters. The average molecular weight is 463 g/mol. The number of nitrogens with zero attached hydrogens (tertiary/aromatic N) is 5. The van der Waals surface area contributed by atoms with Crippen LogP contribution in [0.3, 0.4) is 0 Å². The fourth-order valence-corrected chi connectivity index (χ4v) is 3.44. The number of methoxy groups -OCH3 is 2. The quantitative estimate of drug-likeness (QED) is 0.344. The standard InChI is InChI=1S/C17H17N7O7S/c1-30-16-9-13(19-17(20-16)31-2)22-32(28,29)12-5-3-11(4-6-12)18-15(25)10-23-8-7-14(21-23)24(26)27/h3-9H,10H2,1-2H3,(H,18,25)(H,19,20,22). The van der Waals surface area contributed by atoms with Crippen LogP contribution in [-0.2, 0) is 21.4 Å². The molecule has 32 heavy (non-hydrogen) atoms. The maximum atomic E-state index is 12.6. The third-order valence-electron chi connectivity index (χ3n) is 3.88. The molecule has 2 heterocycles. The van der Waals surface area contributed by atoms with E-state index >= 15 is 0 Å². The van der Waals surface area contributed by atoms with Crippen molar-refractivity contribution < 1.29 is 27.6 Å². The minimum atomic E-state index is -4.00. The lowest BCUT2D eigenvalue weighted by molar-refractivity contribution is -0.389. The zero-order valence-corrected chi connectivity index (χ0v) is 17.6. The zero-order chi connectivity index (χ0) is 23.3. The van der Waals surface area contributed by atoms with Crippen LogP contribution in [0.25, 0.3) is 0 Å². The Balaban J connectivity index is 1.67. The molecule has 1 amide bonds. The molecule has 168 valence electrons. The van der Waals surface area contributed by atoms with Gasteiger partial charge >= 0.3 is 11.8 Å². The van der Waals surface area contributed by atoms with Gasteiger partial charge in [0, 0.05) is 11.8 Å². The Morgan fingerprint density at radius 2 is 1.88 bits per heavy atom. The van der Waals surface area contributed by atoms with Crippen LogP contribution in [-0.4, -0.2) is 53.2 Å². The van der Waals surface area contributed by atoms with Gasteiger partial charge in [0.15, 0.2) is 5.82 Å². The molecule has 0 saturated carbocycles.